The van der Waals surface area contributed by atoms with Gasteiger partial charge in [0.1, 0.15) is 0 Å². The lowest BCUT2D eigenvalue weighted by molar-refractivity contribution is -0.143. The average Bonchev–Trinajstić information content (AvgIpc) is 3.32. The summed E-state index contributed by atoms with van der Waals surface area (Å²) in [4.78, 5) is 24.5. The molecular formula is C60H117NO5. The minimum atomic E-state index is -0.664. The zero-order valence-corrected chi connectivity index (χ0v) is 44.7. The van der Waals surface area contributed by atoms with Crippen LogP contribution in [0.4, 0.5) is 0 Å². The number of allylic oxidation sites excluding steroid dienone is 2. The summed E-state index contributed by atoms with van der Waals surface area (Å²) in [6, 6.07) is -0.541. The minimum absolute atomic E-state index is 0.0154. The Morgan fingerprint density at radius 3 is 1.08 bits per heavy atom. The van der Waals surface area contributed by atoms with Crippen LogP contribution in [0.2, 0.25) is 0 Å². The van der Waals surface area contributed by atoms with Crippen molar-refractivity contribution in [3.63, 3.8) is 0 Å². The number of hydrogen-bond acceptors (Lipinski definition) is 5. The molecule has 66 heavy (non-hydrogen) atoms. The molecule has 0 fully saturated rings. The van der Waals surface area contributed by atoms with E-state index in [-0.39, 0.29) is 18.5 Å². The van der Waals surface area contributed by atoms with E-state index in [1.54, 1.807) is 0 Å². The van der Waals surface area contributed by atoms with Gasteiger partial charge in [-0.05, 0) is 51.4 Å². The number of amides is 1. The molecule has 0 saturated heterocycles. The second-order valence-electron chi connectivity index (χ2n) is 20.7. The van der Waals surface area contributed by atoms with Crippen LogP contribution in [0, 0.1) is 0 Å². The molecule has 0 rings (SSSR count). The molecule has 6 heteroatoms. The third kappa shape index (κ3) is 52.0. The summed E-state index contributed by atoms with van der Waals surface area (Å²) >= 11 is 0. The molecule has 392 valence electrons. The van der Waals surface area contributed by atoms with E-state index in [1.807, 2.05) is 0 Å². The number of unbranched alkanes of at least 4 members (excludes halogenated alkanes) is 43. The Balaban J connectivity index is 3.37. The van der Waals surface area contributed by atoms with Gasteiger partial charge in [-0.3, -0.25) is 9.59 Å². The molecule has 0 aromatic carbocycles. The molecule has 0 aliphatic heterocycles. The van der Waals surface area contributed by atoms with Crippen LogP contribution < -0.4 is 5.32 Å². The predicted molar refractivity (Wildman–Crippen MR) is 287 cm³/mol. The summed E-state index contributed by atoms with van der Waals surface area (Å²) in [7, 11) is 0. The first-order chi connectivity index (χ1) is 32.5. The fourth-order valence-electron chi connectivity index (χ4n) is 9.46. The Morgan fingerprint density at radius 1 is 0.409 bits per heavy atom. The summed E-state index contributed by atoms with van der Waals surface area (Å²) < 4.78 is 5.48. The van der Waals surface area contributed by atoms with Gasteiger partial charge in [0.05, 0.1) is 25.4 Å². The van der Waals surface area contributed by atoms with Gasteiger partial charge in [0.2, 0.25) is 5.91 Å². The quantitative estimate of drug-likeness (QED) is 0.0321. The molecule has 0 saturated carbocycles. The van der Waals surface area contributed by atoms with Crippen LogP contribution in [-0.2, 0) is 14.3 Å². The van der Waals surface area contributed by atoms with E-state index in [4.69, 9.17) is 4.74 Å². The highest BCUT2D eigenvalue weighted by Gasteiger charge is 2.20. The maximum atomic E-state index is 12.4. The Kier molecular flexibility index (Phi) is 55.0. The highest BCUT2D eigenvalue weighted by atomic mass is 16.5. The summed E-state index contributed by atoms with van der Waals surface area (Å²) in [6.07, 6.45) is 66.5. The third-order valence-corrected chi connectivity index (χ3v) is 14.1. The van der Waals surface area contributed by atoms with Crippen molar-refractivity contribution in [2.45, 2.75) is 347 Å². The molecule has 2 atom stereocenters. The molecule has 0 heterocycles. The van der Waals surface area contributed by atoms with Gasteiger partial charge in [-0.15, -0.1) is 0 Å². The number of carbonyl (C=O) groups is 2. The molecule has 3 N–H and O–H groups in total. The maximum absolute atomic E-state index is 12.4. The number of ether oxygens (including phenoxy) is 1. The first kappa shape index (κ1) is 64.6. The predicted octanol–water partition coefficient (Wildman–Crippen LogP) is 18.5. The fraction of sp³-hybridized carbons (Fsp3) is 0.933. The van der Waals surface area contributed by atoms with Crippen LogP contribution in [0.5, 0.6) is 0 Å². The highest BCUT2D eigenvalue weighted by molar-refractivity contribution is 5.76. The molecule has 0 aromatic rings. The summed E-state index contributed by atoms with van der Waals surface area (Å²) in [5.74, 6) is -0.0224. The summed E-state index contributed by atoms with van der Waals surface area (Å²) in [5, 5.41) is 23.2. The standard InChI is InChI=1S/C60H117NO5/c1-3-5-7-9-11-13-15-29-34-38-42-46-50-54-60(65)66-55-51-47-43-39-35-31-28-26-24-22-20-18-16-17-19-21-23-25-27-30-33-37-41-45-49-53-59(64)61-57(56-62)58(63)52-48-44-40-36-32-14-12-10-8-6-4-2/h17,19,57-58,62-63H,3-16,18,20-56H2,1-2H3,(H,61,64)/b19-17-. The van der Waals surface area contributed by atoms with E-state index in [1.165, 1.54) is 263 Å². The first-order valence-electron chi connectivity index (χ1n) is 29.9. The van der Waals surface area contributed by atoms with Crippen LogP contribution >= 0.6 is 0 Å². The van der Waals surface area contributed by atoms with Crippen molar-refractivity contribution >= 4 is 11.9 Å². The van der Waals surface area contributed by atoms with Crippen LogP contribution in [0.1, 0.15) is 335 Å². The van der Waals surface area contributed by atoms with E-state index in [9.17, 15) is 19.8 Å². The molecule has 0 bridgehead atoms. The minimum Gasteiger partial charge on any atom is -0.466 e. The maximum Gasteiger partial charge on any atom is 0.305 e. The number of rotatable bonds is 56. The Hall–Kier alpha value is -1.40. The smallest absolute Gasteiger partial charge is 0.305 e. The largest absolute Gasteiger partial charge is 0.466 e. The number of carbonyl (C=O) groups excluding carboxylic acids is 2. The first-order valence-corrected chi connectivity index (χ1v) is 29.9. The van der Waals surface area contributed by atoms with Crippen LogP contribution in [-0.4, -0.2) is 47.4 Å². The van der Waals surface area contributed by atoms with Crippen LogP contribution in [0.25, 0.3) is 0 Å². The normalized spacial score (nSPS) is 12.6. The van der Waals surface area contributed by atoms with Crippen molar-refractivity contribution in [3.05, 3.63) is 12.2 Å². The Morgan fingerprint density at radius 2 is 0.712 bits per heavy atom. The molecule has 0 aromatic heterocycles. The SMILES string of the molecule is CCCCCCCCCCCCCCCC(=O)OCCCCCCCCCCCCCC/C=C\CCCCCCCCCCCC(=O)NC(CO)C(O)CCCCCCCCCCCCC. The van der Waals surface area contributed by atoms with Crippen molar-refractivity contribution in [2.75, 3.05) is 13.2 Å². The summed E-state index contributed by atoms with van der Waals surface area (Å²) in [5.41, 5.74) is 0. The molecule has 6 nitrogen and oxygen atoms in total. The lowest BCUT2D eigenvalue weighted by atomic mass is 10.0. The fourth-order valence-corrected chi connectivity index (χ4v) is 9.46. The Bertz CT molecular complexity index is 986. The van der Waals surface area contributed by atoms with E-state index in [0.717, 1.165) is 38.5 Å². The van der Waals surface area contributed by atoms with Gasteiger partial charge >= 0.3 is 5.97 Å². The number of esters is 1. The van der Waals surface area contributed by atoms with E-state index in [2.05, 4.69) is 31.3 Å². The van der Waals surface area contributed by atoms with Gasteiger partial charge in [-0.25, -0.2) is 0 Å². The van der Waals surface area contributed by atoms with Crippen molar-refractivity contribution in [1.82, 2.24) is 5.32 Å². The second-order valence-corrected chi connectivity index (χ2v) is 20.7. The molecule has 0 aliphatic carbocycles. The molecule has 0 spiro atoms. The zero-order valence-electron chi connectivity index (χ0n) is 44.7. The Labute approximate surface area is 412 Å². The van der Waals surface area contributed by atoms with Gasteiger partial charge in [0.25, 0.3) is 0 Å². The lowest BCUT2D eigenvalue weighted by Crippen LogP contribution is -2.45. The van der Waals surface area contributed by atoms with E-state index in [0.29, 0.717) is 25.9 Å². The number of aliphatic hydroxyl groups excluding tert-OH is 2. The van der Waals surface area contributed by atoms with Gasteiger partial charge in [-0.1, -0.05) is 283 Å². The van der Waals surface area contributed by atoms with E-state index < -0.39 is 12.1 Å². The highest BCUT2D eigenvalue weighted by Crippen LogP contribution is 2.17. The molecule has 0 radical (unpaired) electrons. The average molecular weight is 933 g/mol. The van der Waals surface area contributed by atoms with Gasteiger partial charge < -0.3 is 20.3 Å². The van der Waals surface area contributed by atoms with Gasteiger partial charge in [-0.2, -0.15) is 0 Å². The van der Waals surface area contributed by atoms with Crippen molar-refractivity contribution < 1.29 is 24.5 Å². The lowest BCUT2D eigenvalue weighted by Gasteiger charge is -2.22. The number of nitrogens with one attached hydrogen (secondary N) is 1. The monoisotopic (exact) mass is 932 g/mol. The molecule has 0 aliphatic rings. The van der Waals surface area contributed by atoms with Crippen molar-refractivity contribution in [3.8, 4) is 0 Å². The number of hydrogen-bond donors (Lipinski definition) is 3. The molecule has 2 unspecified atom stereocenters. The topological polar surface area (TPSA) is 95.9 Å². The van der Waals surface area contributed by atoms with Crippen LogP contribution in [0.15, 0.2) is 12.2 Å². The molecular weight excluding hydrogens is 815 g/mol. The van der Waals surface area contributed by atoms with Crippen LogP contribution in [0.3, 0.4) is 0 Å². The third-order valence-electron chi connectivity index (χ3n) is 14.1. The van der Waals surface area contributed by atoms with E-state index >= 15 is 0 Å². The van der Waals surface area contributed by atoms with Gasteiger partial charge in [0.15, 0.2) is 0 Å². The number of aliphatic hydroxyl groups is 2. The van der Waals surface area contributed by atoms with Gasteiger partial charge in [0, 0.05) is 12.8 Å². The zero-order chi connectivity index (χ0) is 47.9. The van der Waals surface area contributed by atoms with Crippen molar-refractivity contribution in [2.24, 2.45) is 0 Å². The summed E-state index contributed by atoms with van der Waals surface area (Å²) in [6.45, 7) is 4.96. The van der Waals surface area contributed by atoms with Crippen molar-refractivity contribution in [1.29, 1.82) is 0 Å². The molecule has 1 amide bonds. The second kappa shape index (κ2) is 56.2.